The summed E-state index contributed by atoms with van der Waals surface area (Å²) in [5.41, 5.74) is 5.05. The Balaban J connectivity index is 2.33. The summed E-state index contributed by atoms with van der Waals surface area (Å²) < 4.78 is 5.26. The number of furan rings is 1. The fourth-order valence-corrected chi connectivity index (χ4v) is 1.25. The first-order valence-corrected chi connectivity index (χ1v) is 4.82. The van der Waals surface area contributed by atoms with E-state index in [-0.39, 0.29) is 18.6 Å². The number of aliphatic hydroxyl groups is 1. The number of carbonyl (C=O) groups excluding carboxylic acids is 1. The lowest BCUT2D eigenvalue weighted by Gasteiger charge is -2.09. The first kappa shape index (κ1) is 11.7. The molecule has 15 heavy (non-hydrogen) atoms. The third-order valence-electron chi connectivity index (χ3n) is 2.01. The number of hydrogen-bond donors (Lipinski definition) is 3. The molecule has 4 N–H and O–H groups in total. The van der Waals surface area contributed by atoms with Crippen molar-refractivity contribution >= 4 is 5.91 Å². The van der Waals surface area contributed by atoms with E-state index in [0.717, 1.165) is 5.76 Å². The van der Waals surface area contributed by atoms with E-state index in [1.807, 2.05) is 6.92 Å². The van der Waals surface area contributed by atoms with Gasteiger partial charge >= 0.3 is 0 Å². The Hall–Kier alpha value is -1.33. The maximum Gasteiger partial charge on any atom is 0.218 e. The highest BCUT2D eigenvalue weighted by Gasteiger charge is 2.06. The van der Waals surface area contributed by atoms with E-state index in [2.05, 4.69) is 5.32 Å². The molecule has 0 saturated carbocycles. The minimum absolute atomic E-state index is 0.0187. The zero-order valence-electron chi connectivity index (χ0n) is 8.69. The Labute approximate surface area is 88.3 Å². The van der Waals surface area contributed by atoms with E-state index in [1.165, 1.54) is 0 Å². The van der Waals surface area contributed by atoms with Crippen molar-refractivity contribution in [1.29, 1.82) is 0 Å². The molecule has 0 aliphatic rings. The van der Waals surface area contributed by atoms with Crippen LogP contribution in [-0.4, -0.2) is 17.1 Å². The topological polar surface area (TPSA) is 88.5 Å². The maximum absolute atomic E-state index is 10.6. The third-order valence-corrected chi connectivity index (χ3v) is 2.01. The number of nitrogens with one attached hydrogen (secondary N) is 1. The highest BCUT2D eigenvalue weighted by Crippen LogP contribution is 2.07. The fraction of sp³-hybridized carbons (Fsp3) is 0.500. The van der Waals surface area contributed by atoms with Gasteiger partial charge in [-0.3, -0.25) is 4.79 Å². The monoisotopic (exact) mass is 212 g/mol. The SMILES string of the molecule is CC(CC(N)=O)NCc1ccc(CO)o1. The van der Waals surface area contributed by atoms with Crippen LogP contribution in [-0.2, 0) is 17.9 Å². The average molecular weight is 212 g/mol. The van der Waals surface area contributed by atoms with Crippen LogP contribution >= 0.6 is 0 Å². The molecule has 84 valence electrons. The Morgan fingerprint density at radius 3 is 2.80 bits per heavy atom. The van der Waals surface area contributed by atoms with Crippen LogP contribution in [0.15, 0.2) is 16.5 Å². The van der Waals surface area contributed by atoms with Gasteiger partial charge in [-0.05, 0) is 19.1 Å². The molecule has 0 aromatic carbocycles. The summed E-state index contributed by atoms with van der Waals surface area (Å²) >= 11 is 0. The molecule has 0 bridgehead atoms. The van der Waals surface area contributed by atoms with Crippen molar-refractivity contribution < 1.29 is 14.3 Å². The molecular weight excluding hydrogens is 196 g/mol. The summed E-state index contributed by atoms with van der Waals surface area (Å²) in [6, 6.07) is 3.52. The number of rotatable bonds is 6. The second-order valence-corrected chi connectivity index (χ2v) is 3.48. The quantitative estimate of drug-likeness (QED) is 0.625. The van der Waals surface area contributed by atoms with E-state index in [4.69, 9.17) is 15.3 Å². The van der Waals surface area contributed by atoms with Crippen LogP contribution in [0.1, 0.15) is 24.9 Å². The number of primary amides is 1. The van der Waals surface area contributed by atoms with Gasteiger partial charge in [-0.15, -0.1) is 0 Å². The smallest absolute Gasteiger partial charge is 0.218 e. The van der Waals surface area contributed by atoms with E-state index in [1.54, 1.807) is 12.1 Å². The lowest BCUT2D eigenvalue weighted by Crippen LogP contribution is -2.30. The van der Waals surface area contributed by atoms with Gasteiger partial charge in [0.25, 0.3) is 0 Å². The van der Waals surface area contributed by atoms with Crippen molar-refractivity contribution in [2.24, 2.45) is 5.73 Å². The lowest BCUT2D eigenvalue weighted by molar-refractivity contribution is -0.118. The van der Waals surface area contributed by atoms with Crippen LogP contribution < -0.4 is 11.1 Å². The summed E-state index contributed by atoms with van der Waals surface area (Å²) in [7, 11) is 0. The van der Waals surface area contributed by atoms with E-state index in [0.29, 0.717) is 18.7 Å². The minimum Gasteiger partial charge on any atom is -0.462 e. The van der Waals surface area contributed by atoms with Crippen LogP contribution in [0.3, 0.4) is 0 Å². The summed E-state index contributed by atoms with van der Waals surface area (Å²) in [4.78, 5) is 10.6. The van der Waals surface area contributed by atoms with Crippen LogP contribution in [0.4, 0.5) is 0 Å². The number of carbonyl (C=O) groups is 1. The number of nitrogens with two attached hydrogens (primary N) is 1. The van der Waals surface area contributed by atoms with Crippen molar-refractivity contribution in [2.45, 2.75) is 32.5 Å². The zero-order valence-corrected chi connectivity index (χ0v) is 8.69. The average Bonchev–Trinajstić information content (AvgIpc) is 2.61. The molecule has 1 aromatic rings. The van der Waals surface area contributed by atoms with Gasteiger partial charge in [0.05, 0.1) is 6.54 Å². The van der Waals surface area contributed by atoms with Crippen LogP contribution in [0, 0.1) is 0 Å². The lowest BCUT2D eigenvalue weighted by atomic mass is 10.2. The predicted octanol–water partition coefficient (Wildman–Crippen LogP) is 0.125. The molecule has 0 aliphatic heterocycles. The molecule has 0 fully saturated rings. The molecule has 1 aromatic heterocycles. The van der Waals surface area contributed by atoms with Gasteiger partial charge in [0.2, 0.25) is 5.91 Å². The molecule has 1 heterocycles. The fourth-order valence-electron chi connectivity index (χ4n) is 1.25. The first-order valence-electron chi connectivity index (χ1n) is 4.82. The molecule has 1 rings (SSSR count). The molecular formula is C10H16N2O3. The first-order chi connectivity index (χ1) is 7.11. The number of aliphatic hydroxyl groups excluding tert-OH is 1. The second-order valence-electron chi connectivity index (χ2n) is 3.48. The molecule has 0 spiro atoms. The van der Waals surface area contributed by atoms with Crippen LogP contribution in [0.5, 0.6) is 0 Å². The Morgan fingerprint density at radius 1 is 1.60 bits per heavy atom. The van der Waals surface area contributed by atoms with Crippen molar-refractivity contribution in [2.75, 3.05) is 0 Å². The minimum atomic E-state index is -0.328. The zero-order chi connectivity index (χ0) is 11.3. The summed E-state index contributed by atoms with van der Waals surface area (Å²) in [5, 5.41) is 11.9. The molecule has 1 unspecified atom stereocenters. The second kappa shape index (κ2) is 5.53. The Morgan fingerprint density at radius 2 is 2.27 bits per heavy atom. The van der Waals surface area contributed by atoms with Gasteiger partial charge in [0, 0.05) is 12.5 Å². The summed E-state index contributed by atoms with van der Waals surface area (Å²) in [5.74, 6) is 0.940. The molecule has 1 atom stereocenters. The van der Waals surface area contributed by atoms with Crippen molar-refractivity contribution in [1.82, 2.24) is 5.32 Å². The standard InChI is InChI=1S/C10H16N2O3/c1-7(4-10(11)14)12-5-8-2-3-9(6-13)15-8/h2-3,7,12-13H,4-6H2,1H3,(H2,11,14). The van der Waals surface area contributed by atoms with Crippen molar-refractivity contribution in [3.63, 3.8) is 0 Å². The highest BCUT2D eigenvalue weighted by atomic mass is 16.4. The highest BCUT2D eigenvalue weighted by molar-refractivity contribution is 5.74. The van der Waals surface area contributed by atoms with Crippen molar-refractivity contribution in [3.05, 3.63) is 23.7 Å². The third kappa shape index (κ3) is 4.14. The molecule has 1 amide bonds. The molecule has 5 nitrogen and oxygen atoms in total. The van der Waals surface area contributed by atoms with Gasteiger partial charge < -0.3 is 20.6 Å². The number of hydrogen-bond acceptors (Lipinski definition) is 4. The van der Waals surface area contributed by atoms with Crippen molar-refractivity contribution in [3.8, 4) is 0 Å². The Kier molecular flexibility index (Phi) is 4.33. The predicted molar refractivity (Wildman–Crippen MR) is 54.7 cm³/mol. The van der Waals surface area contributed by atoms with E-state index in [9.17, 15) is 4.79 Å². The molecule has 0 saturated heterocycles. The Bertz CT molecular complexity index is 322. The largest absolute Gasteiger partial charge is 0.462 e. The van der Waals surface area contributed by atoms with E-state index >= 15 is 0 Å². The van der Waals surface area contributed by atoms with Crippen LogP contribution in [0.25, 0.3) is 0 Å². The number of amides is 1. The molecule has 0 radical (unpaired) electrons. The molecule has 0 aliphatic carbocycles. The normalized spacial score (nSPS) is 12.7. The van der Waals surface area contributed by atoms with Crippen LogP contribution in [0.2, 0.25) is 0 Å². The molecule has 5 heteroatoms. The van der Waals surface area contributed by atoms with Gasteiger partial charge in [0.15, 0.2) is 0 Å². The van der Waals surface area contributed by atoms with Gasteiger partial charge in [0.1, 0.15) is 18.1 Å². The summed E-state index contributed by atoms with van der Waals surface area (Å²) in [6.07, 6.45) is 0.299. The maximum atomic E-state index is 10.6. The van der Waals surface area contributed by atoms with Gasteiger partial charge in [-0.2, -0.15) is 0 Å². The van der Waals surface area contributed by atoms with E-state index < -0.39 is 0 Å². The van der Waals surface area contributed by atoms with Gasteiger partial charge in [-0.25, -0.2) is 0 Å². The van der Waals surface area contributed by atoms with Gasteiger partial charge in [-0.1, -0.05) is 0 Å². The summed E-state index contributed by atoms with van der Waals surface area (Å²) in [6.45, 7) is 2.30.